The van der Waals surface area contributed by atoms with Crippen LogP contribution in [0.25, 0.3) is 0 Å². The molecule has 16 heavy (non-hydrogen) atoms. The highest BCUT2D eigenvalue weighted by Gasteiger charge is 2.01. The third kappa shape index (κ3) is 11.9. The first-order chi connectivity index (χ1) is 7.81. The summed E-state index contributed by atoms with van der Waals surface area (Å²) in [5.41, 5.74) is 0. The smallest absolute Gasteiger partial charge is 0.305 e. The molecule has 0 unspecified atom stereocenters. The van der Waals surface area contributed by atoms with E-state index in [1.807, 2.05) is 18.7 Å². The van der Waals surface area contributed by atoms with Gasteiger partial charge < -0.3 is 4.74 Å². The molecule has 0 aromatic heterocycles. The summed E-state index contributed by atoms with van der Waals surface area (Å²) < 4.78 is 5.00. The molecule has 0 aromatic carbocycles. The standard InChI is InChI=1S/C13H26O2S/c1-3-5-6-7-11-16-12-8-9-13(14)15-10-4-2/h3-12H2,1-2H3. The second-order valence-corrected chi connectivity index (χ2v) is 5.22. The Hall–Kier alpha value is -0.180. The number of carbonyl (C=O) groups is 1. The first-order valence-corrected chi connectivity index (χ1v) is 7.70. The van der Waals surface area contributed by atoms with Crippen molar-refractivity contribution < 1.29 is 9.53 Å². The minimum absolute atomic E-state index is 0.0339. The Kier molecular flexibility index (Phi) is 12.7. The van der Waals surface area contributed by atoms with Gasteiger partial charge in [-0.3, -0.25) is 4.79 Å². The zero-order valence-electron chi connectivity index (χ0n) is 10.8. The summed E-state index contributed by atoms with van der Waals surface area (Å²) in [5.74, 6) is 2.30. The van der Waals surface area contributed by atoms with E-state index in [1.165, 1.54) is 31.4 Å². The maximum atomic E-state index is 11.1. The van der Waals surface area contributed by atoms with Crippen molar-refractivity contribution in [2.75, 3.05) is 18.1 Å². The van der Waals surface area contributed by atoms with Crippen molar-refractivity contribution in [1.29, 1.82) is 0 Å². The maximum absolute atomic E-state index is 11.1. The van der Waals surface area contributed by atoms with E-state index in [9.17, 15) is 4.79 Å². The molecule has 0 aliphatic carbocycles. The topological polar surface area (TPSA) is 26.3 Å². The number of esters is 1. The molecule has 3 heteroatoms. The molecule has 0 aromatic rings. The fraction of sp³-hybridized carbons (Fsp3) is 0.923. The Morgan fingerprint density at radius 3 is 2.44 bits per heavy atom. The molecule has 0 amide bonds. The minimum atomic E-state index is -0.0339. The van der Waals surface area contributed by atoms with Crippen molar-refractivity contribution >= 4 is 17.7 Å². The molecule has 0 radical (unpaired) electrons. The van der Waals surface area contributed by atoms with Gasteiger partial charge in [0.25, 0.3) is 0 Å². The van der Waals surface area contributed by atoms with Crippen molar-refractivity contribution in [2.45, 2.75) is 58.8 Å². The van der Waals surface area contributed by atoms with Crippen LogP contribution in [-0.4, -0.2) is 24.1 Å². The van der Waals surface area contributed by atoms with Crippen molar-refractivity contribution in [1.82, 2.24) is 0 Å². The predicted molar refractivity (Wildman–Crippen MR) is 72.0 cm³/mol. The highest BCUT2D eigenvalue weighted by atomic mass is 32.2. The summed E-state index contributed by atoms with van der Waals surface area (Å²) in [5, 5.41) is 0. The van der Waals surface area contributed by atoms with E-state index in [4.69, 9.17) is 4.74 Å². The number of hydrogen-bond acceptors (Lipinski definition) is 3. The van der Waals surface area contributed by atoms with E-state index < -0.39 is 0 Å². The number of unbranched alkanes of at least 4 members (excludes halogenated alkanes) is 3. The van der Waals surface area contributed by atoms with E-state index in [1.54, 1.807) is 0 Å². The molecule has 0 fully saturated rings. The summed E-state index contributed by atoms with van der Waals surface area (Å²) in [4.78, 5) is 11.1. The average Bonchev–Trinajstić information content (AvgIpc) is 2.30. The lowest BCUT2D eigenvalue weighted by Gasteiger charge is -2.03. The molecule has 0 N–H and O–H groups in total. The number of ether oxygens (including phenoxy) is 1. The van der Waals surface area contributed by atoms with Crippen molar-refractivity contribution in [3.63, 3.8) is 0 Å². The maximum Gasteiger partial charge on any atom is 0.305 e. The van der Waals surface area contributed by atoms with Crippen LogP contribution in [0.3, 0.4) is 0 Å². The fourth-order valence-corrected chi connectivity index (χ4v) is 2.30. The van der Waals surface area contributed by atoms with Crippen LogP contribution in [0, 0.1) is 0 Å². The SMILES string of the molecule is CCCCCCSCCCC(=O)OCCC. The Morgan fingerprint density at radius 1 is 1.00 bits per heavy atom. The van der Waals surface area contributed by atoms with E-state index in [0.29, 0.717) is 13.0 Å². The first kappa shape index (κ1) is 15.8. The van der Waals surface area contributed by atoms with Gasteiger partial charge in [0.15, 0.2) is 0 Å². The zero-order chi connectivity index (χ0) is 12.1. The summed E-state index contributed by atoms with van der Waals surface area (Å²) in [7, 11) is 0. The van der Waals surface area contributed by atoms with Crippen LogP contribution in [0.5, 0.6) is 0 Å². The van der Waals surface area contributed by atoms with Crippen LogP contribution in [0.15, 0.2) is 0 Å². The van der Waals surface area contributed by atoms with Gasteiger partial charge in [-0.15, -0.1) is 0 Å². The van der Waals surface area contributed by atoms with Gasteiger partial charge in [0.1, 0.15) is 0 Å². The molecular weight excluding hydrogens is 220 g/mol. The summed E-state index contributed by atoms with van der Waals surface area (Å²) in [6.07, 6.45) is 7.78. The number of thioether (sulfide) groups is 1. The van der Waals surface area contributed by atoms with Gasteiger partial charge in [-0.1, -0.05) is 33.1 Å². The molecule has 96 valence electrons. The van der Waals surface area contributed by atoms with Crippen molar-refractivity contribution in [2.24, 2.45) is 0 Å². The third-order valence-electron chi connectivity index (χ3n) is 2.28. The summed E-state index contributed by atoms with van der Waals surface area (Å²) in [6, 6.07) is 0. The van der Waals surface area contributed by atoms with Gasteiger partial charge in [0.05, 0.1) is 6.61 Å². The monoisotopic (exact) mass is 246 g/mol. The molecule has 0 bridgehead atoms. The number of hydrogen-bond donors (Lipinski definition) is 0. The normalized spacial score (nSPS) is 10.4. The van der Waals surface area contributed by atoms with Gasteiger partial charge >= 0.3 is 5.97 Å². The first-order valence-electron chi connectivity index (χ1n) is 6.54. The van der Waals surface area contributed by atoms with Gasteiger partial charge in [-0.2, -0.15) is 11.8 Å². The van der Waals surface area contributed by atoms with Gasteiger partial charge in [0.2, 0.25) is 0 Å². The summed E-state index contributed by atoms with van der Waals surface area (Å²) in [6.45, 7) is 4.82. The molecule has 0 atom stereocenters. The Labute approximate surface area is 105 Å². The van der Waals surface area contributed by atoms with Gasteiger partial charge in [-0.05, 0) is 30.8 Å². The second-order valence-electron chi connectivity index (χ2n) is 4.00. The largest absolute Gasteiger partial charge is 0.466 e. The molecule has 2 nitrogen and oxygen atoms in total. The van der Waals surface area contributed by atoms with E-state index in [0.717, 1.165) is 18.6 Å². The molecule has 0 rings (SSSR count). The predicted octanol–water partition coefficient (Wildman–Crippen LogP) is 4.03. The Balaban J connectivity index is 3.05. The highest BCUT2D eigenvalue weighted by molar-refractivity contribution is 7.99. The van der Waals surface area contributed by atoms with Crippen molar-refractivity contribution in [3.8, 4) is 0 Å². The molecule has 0 spiro atoms. The molecule has 0 saturated heterocycles. The number of carbonyl (C=O) groups excluding carboxylic acids is 1. The van der Waals surface area contributed by atoms with Crippen LogP contribution in [0.1, 0.15) is 58.8 Å². The van der Waals surface area contributed by atoms with E-state index in [-0.39, 0.29) is 5.97 Å². The zero-order valence-corrected chi connectivity index (χ0v) is 11.6. The molecule has 0 aliphatic heterocycles. The van der Waals surface area contributed by atoms with Crippen LogP contribution >= 0.6 is 11.8 Å². The van der Waals surface area contributed by atoms with Gasteiger partial charge in [-0.25, -0.2) is 0 Å². The van der Waals surface area contributed by atoms with Crippen LogP contribution in [-0.2, 0) is 9.53 Å². The lowest BCUT2D eigenvalue weighted by atomic mass is 10.2. The Bertz CT molecular complexity index is 160. The van der Waals surface area contributed by atoms with Crippen molar-refractivity contribution in [3.05, 3.63) is 0 Å². The molecule has 0 heterocycles. The molecule has 0 aliphatic rings. The highest BCUT2D eigenvalue weighted by Crippen LogP contribution is 2.10. The quantitative estimate of drug-likeness (QED) is 0.406. The van der Waals surface area contributed by atoms with E-state index in [2.05, 4.69) is 6.92 Å². The minimum Gasteiger partial charge on any atom is -0.466 e. The van der Waals surface area contributed by atoms with Gasteiger partial charge in [0, 0.05) is 6.42 Å². The Morgan fingerprint density at radius 2 is 1.75 bits per heavy atom. The number of rotatable bonds is 11. The van der Waals surface area contributed by atoms with Crippen LogP contribution in [0.4, 0.5) is 0 Å². The van der Waals surface area contributed by atoms with E-state index >= 15 is 0 Å². The lowest BCUT2D eigenvalue weighted by molar-refractivity contribution is -0.143. The average molecular weight is 246 g/mol. The summed E-state index contributed by atoms with van der Waals surface area (Å²) >= 11 is 1.96. The van der Waals surface area contributed by atoms with Crippen LogP contribution in [0.2, 0.25) is 0 Å². The second kappa shape index (κ2) is 12.9. The fourth-order valence-electron chi connectivity index (χ4n) is 1.34. The lowest BCUT2D eigenvalue weighted by Crippen LogP contribution is -2.05. The third-order valence-corrected chi connectivity index (χ3v) is 3.43. The van der Waals surface area contributed by atoms with Crippen LogP contribution < -0.4 is 0 Å². The molecule has 0 saturated carbocycles. The molecular formula is C13H26O2S.